The van der Waals surface area contributed by atoms with Gasteiger partial charge in [0.25, 0.3) is 11.7 Å². The second kappa shape index (κ2) is 21.0. The van der Waals surface area contributed by atoms with E-state index in [0.717, 1.165) is 10.5 Å². The lowest BCUT2D eigenvalue weighted by molar-refractivity contribution is -0.302. The molecule has 0 spiro atoms. The average molecular weight is 807 g/mol. The Morgan fingerprint density at radius 1 is 0.965 bits per heavy atom. The van der Waals surface area contributed by atoms with Gasteiger partial charge in [-0.15, -0.1) is 6.53 Å². The molecule has 13 nitrogen and oxygen atoms in total. The molecule has 4 aliphatic rings. The molecule has 322 valence electrons. The van der Waals surface area contributed by atoms with Gasteiger partial charge in [0, 0.05) is 52.0 Å². The van der Waals surface area contributed by atoms with Crippen LogP contribution in [0.4, 0.5) is 0 Å². The van der Waals surface area contributed by atoms with E-state index in [1.807, 2.05) is 26.0 Å². The van der Waals surface area contributed by atoms with E-state index >= 15 is 0 Å². The van der Waals surface area contributed by atoms with Crippen molar-refractivity contribution >= 4 is 23.4 Å². The topological polar surface area (TPSA) is 178 Å². The number of Topliss-reactive ketones (excluding diaryl/α,β-unsaturated/α-hetero) is 2. The minimum Gasteiger partial charge on any atom is -0.456 e. The normalized spacial score (nSPS) is 41.4. The number of ketones is 2. The van der Waals surface area contributed by atoms with Gasteiger partial charge in [0.1, 0.15) is 24.0 Å². The SMILES string of the molecule is [2H][13C]([2H])=CC[C@@H]1/C=C(\C)C[C@H](C)C[C@H](OC)[C@H]2O[C@@](O)(C(=O)C(=O)N3CCCC[C@H]3C(=O)O[C@H](/C(C)=C/[C@@H]3CC[C@@H](O)[C@@H](OC)C3)[C@H](C)[C@@H](O)CC1=O)[C@H](C)C[C@H]2OC. The number of piperidine rings is 1. The van der Waals surface area contributed by atoms with E-state index in [2.05, 4.69) is 0 Å². The molecule has 0 radical (unpaired) electrons. The average Bonchev–Trinajstić information content (AvgIpc) is 3.20. The Balaban J connectivity index is 1.80. The first-order valence-corrected chi connectivity index (χ1v) is 20.8. The molecule has 13 heteroatoms. The highest BCUT2D eigenvalue weighted by atomic mass is 16.7. The maximum Gasteiger partial charge on any atom is 0.329 e. The van der Waals surface area contributed by atoms with E-state index in [0.29, 0.717) is 50.5 Å². The van der Waals surface area contributed by atoms with Gasteiger partial charge in [0.15, 0.2) is 0 Å². The van der Waals surface area contributed by atoms with Crippen molar-refractivity contribution in [1.29, 1.82) is 0 Å². The molecular formula is C44H69NO12. The second-order valence-corrected chi connectivity index (χ2v) is 17.2. The molecule has 57 heavy (non-hydrogen) atoms. The van der Waals surface area contributed by atoms with Crippen LogP contribution in [-0.2, 0) is 42.9 Å². The number of ether oxygens (including phenoxy) is 5. The predicted octanol–water partition coefficient (Wildman–Crippen LogP) is 4.64. The summed E-state index contributed by atoms with van der Waals surface area (Å²) >= 11 is 0. The van der Waals surface area contributed by atoms with Crippen molar-refractivity contribution in [2.24, 2.45) is 29.6 Å². The molecule has 3 heterocycles. The van der Waals surface area contributed by atoms with Crippen molar-refractivity contribution in [2.75, 3.05) is 27.9 Å². The molecule has 0 aromatic rings. The summed E-state index contributed by atoms with van der Waals surface area (Å²) in [6, 6.07) is -1.18. The summed E-state index contributed by atoms with van der Waals surface area (Å²) in [6.45, 7) is 8.59. The lowest BCUT2D eigenvalue weighted by Crippen LogP contribution is -2.64. The monoisotopic (exact) mass is 806 g/mol. The van der Waals surface area contributed by atoms with Gasteiger partial charge in [-0.25, -0.2) is 4.79 Å². The number of hydrogen-bond acceptors (Lipinski definition) is 12. The summed E-state index contributed by atoms with van der Waals surface area (Å²) in [5.41, 5.74) is 1.47. The third-order valence-corrected chi connectivity index (χ3v) is 12.8. The smallest absolute Gasteiger partial charge is 0.329 e. The summed E-state index contributed by atoms with van der Waals surface area (Å²) in [6.07, 6.45) is 3.43. The van der Waals surface area contributed by atoms with Crippen LogP contribution in [0.1, 0.15) is 108 Å². The van der Waals surface area contributed by atoms with Gasteiger partial charge in [-0.1, -0.05) is 44.6 Å². The molecule has 3 aliphatic heterocycles. The van der Waals surface area contributed by atoms with Gasteiger partial charge in [0.2, 0.25) is 5.79 Å². The summed E-state index contributed by atoms with van der Waals surface area (Å²) in [5, 5.41) is 34.2. The molecule has 2 bridgehead atoms. The van der Waals surface area contributed by atoms with Gasteiger partial charge in [-0.05, 0) is 95.5 Å². The van der Waals surface area contributed by atoms with Crippen LogP contribution in [0.25, 0.3) is 0 Å². The first-order valence-electron chi connectivity index (χ1n) is 21.8. The van der Waals surface area contributed by atoms with Crippen LogP contribution in [0.2, 0.25) is 0 Å². The molecule has 1 saturated carbocycles. The predicted molar refractivity (Wildman–Crippen MR) is 213 cm³/mol. The van der Waals surface area contributed by atoms with Crippen LogP contribution < -0.4 is 0 Å². The second-order valence-electron chi connectivity index (χ2n) is 17.2. The Labute approximate surface area is 342 Å². The minimum absolute atomic E-state index is 0.0448. The third kappa shape index (κ3) is 11.3. The Morgan fingerprint density at radius 3 is 2.32 bits per heavy atom. The summed E-state index contributed by atoms with van der Waals surface area (Å²) in [4.78, 5) is 58.0. The van der Waals surface area contributed by atoms with Crippen molar-refractivity contribution in [2.45, 2.75) is 160 Å². The molecule has 14 atom stereocenters. The molecule has 4 rings (SSSR count). The maximum absolute atomic E-state index is 14.3. The lowest BCUT2D eigenvalue weighted by Gasteiger charge is -2.47. The molecule has 1 amide bonds. The van der Waals surface area contributed by atoms with E-state index < -0.39 is 90.4 Å². The first kappa shape index (κ1) is 43.8. The van der Waals surface area contributed by atoms with Crippen molar-refractivity contribution in [3.05, 3.63) is 35.9 Å². The lowest BCUT2D eigenvalue weighted by atomic mass is 9.81. The molecule has 0 aromatic heterocycles. The highest BCUT2D eigenvalue weighted by Gasteiger charge is 2.56. The molecule has 0 aromatic carbocycles. The summed E-state index contributed by atoms with van der Waals surface area (Å²) < 4.78 is 45.1. The fourth-order valence-electron chi connectivity index (χ4n) is 9.37. The highest BCUT2D eigenvalue weighted by molar-refractivity contribution is 6.39. The Morgan fingerprint density at radius 2 is 1.65 bits per heavy atom. The van der Waals surface area contributed by atoms with E-state index in [9.17, 15) is 34.5 Å². The molecule has 3 N–H and O–H groups in total. The fraction of sp³-hybridized carbons (Fsp3) is 0.773. The number of methoxy groups -OCH3 is 3. The number of allylic oxidation sites excluding steroid dienone is 4. The van der Waals surface area contributed by atoms with E-state index in [1.54, 1.807) is 27.9 Å². The van der Waals surface area contributed by atoms with Gasteiger partial charge < -0.3 is 43.9 Å². The van der Waals surface area contributed by atoms with Crippen molar-refractivity contribution in [3.63, 3.8) is 0 Å². The minimum atomic E-state index is -2.54. The summed E-state index contributed by atoms with van der Waals surface area (Å²) in [5.74, 6) is -8.41. The van der Waals surface area contributed by atoms with Gasteiger partial charge in [-0.3, -0.25) is 14.4 Å². The summed E-state index contributed by atoms with van der Waals surface area (Å²) in [7, 11) is 4.55. The van der Waals surface area contributed by atoms with Gasteiger partial charge in [-0.2, -0.15) is 0 Å². The van der Waals surface area contributed by atoms with Crippen molar-refractivity contribution in [1.82, 2.24) is 4.90 Å². The van der Waals surface area contributed by atoms with Crippen molar-refractivity contribution < 1.29 is 60.9 Å². The quantitative estimate of drug-likeness (QED) is 0.141. The number of carbonyl (C=O) groups excluding carboxylic acids is 4. The number of hydrogen-bond donors (Lipinski definition) is 3. The van der Waals surface area contributed by atoms with E-state index in [4.69, 9.17) is 26.4 Å². The van der Waals surface area contributed by atoms with Crippen molar-refractivity contribution in [3.8, 4) is 0 Å². The standard InChI is InChI=1S/C44H69NO12/c1-10-13-31-19-25(2)18-26(3)20-37(54-8)40-38(55-9)22-28(5)44(52,57-40)41(49)42(50)45-17-12-11-14-32(45)43(51)56-39(29(6)34(47)24-35(31)48)27(4)21-30-15-16-33(46)36(23-30)53-7/h10,19,21,26,28-34,36-40,46-47,52H,1,11-18,20,22-24H2,2-9H3/b25-19+,27-21+/t26-,28+,29+,30-,31+,32-,33+,34-,36-,37-,38+,39+,40+,44+/m0/s1/i1+1D2. The molecule has 3 fully saturated rings. The van der Waals surface area contributed by atoms with Crippen LogP contribution in [0.3, 0.4) is 0 Å². The van der Waals surface area contributed by atoms with E-state index in [1.165, 1.54) is 20.3 Å². The van der Waals surface area contributed by atoms with Crippen LogP contribution in [-0.4, -0.2) is 126 Å². The zero-order valence-corrected chi connectivity index (χ0v) is 35.2. The number of esters is 1. The Hall–Kier alpha value is -2.78. The highest BCUT2D eigenvalue weighted by Crippen LogP contribution is 2.39. The number of aliphatic hydroxyl groups is 3. The van der Waals surface area contributed by atoms with Crippen LogP contribution in [0.15, 0.2) is 35.9 Å². The number of carbonyl (C=O) groups is 4. The third-order valence-electron chi connectivity index (χ3n) is 12.8. The largest absolute Gasteiger partial charge is 0.456 e. The molecule has 1 aliphatic carbocycles. The number of aliphatic hydroxyl groups excluding tert-OH is 2. The van der Waals surface area contributed by atoms with Crippen LogP contribution in [0, 0.1) is 29.6 Å². The first-order chi connectivity index (χ1) is 27.8. The Bertz CT molecular complexity index is 1570. The van der Waals surface area contributed by atoms with E-state index in [-0.39, 0.29) is 56.0 Å². The molecule has 0 unspecified atom stereocenters. The van der Waals surface area contributed by atoms with Gasteiger partial charge >= 0.3 is 5.97 Å². The van der Waals surface area contributed by atoms with Crippen LogP contribution >= 0.6 is 0 Å². The van der Waals surface area contributed by atoms with Crippen LogP contribution in [0.5, 0.6) is 0 Å². The zero-order valence-electron chi connectivity index (χ0n) is 37.2. The number of fused-ring (bicyclic) bond motifs is 3. The zero-order chi connectivity index (χ0) is 43.8. The van der Waals surface area contributed by atoms with Gasteiger partial charge in [0.05, 0.1) is 33.3 Å². The number of nitrogens with zero attached hydrogens (tertiary/aromatic N) is 1. The molecule has 2 saturated heterocycles. The molecular weight excluding hydrogens is 735 g/mol. The number of amides is 1. The number of rotatable bonds is 7. The fourth-order valence-corrected chi connectivity index (χ4v) is 9.37. The number of cyclic esters (lactones) is 1. The Kier molecular flexibility index (Phi) is 16.1. The maximum atomic E-state index is 14.3.